The van der Waals surface area contributed by atoms with E-state index in [1.54, 1.807) is 0 Å². The predicted molar refractivity (Wildman–Crippen MR) is 127 cm³/mol. The van der Waals surface area contributed by atoms with Gasteiger partial charge in [-0.05, 0) is 79.1 Å². The average Bonchev–Trinajstić information content (AvgIpc) is 3.69. The Hall–Kier alpha value is -4.71. The second-order valence-electron chi connectivity index (χ2n) is 8.82. The first-order valence-corrected chi connectivity index (χ1v) is 11.4. The summed E-state index contributed by atoms with van der Waals surface area (Å²) in [6.07, 6.45) is -10.7. The number of rotatable bonds is 6. The molecule has 1 atom stereocenters. The number of amides is 2. The van der Waals surface area contributed by atoms with Crippen LogP contribution in [0.15, 0.2) is 72.8 Å². The van der Waals surface area contributed by atoms with Crippen LogP contribution >= 0.6 is 0 Å². The third-order valence-electron chi connectivity index (χ3n) is 6.30. The lowest BCUT2D eigenvalue weighted by Crippen LogP contribution is -2.46. The summed E-state index contributed by atoms with van der Waals surface area (Å²) in [5.74, 6) is -0.741. The number of nitriles is 2. The van der Waals surface area contributed by atoms with Crippen LogP contribution in [0.25, 0.3) is 0 Å². The number of hydrogen-bond donors (Lipinski definition) is 1. The second kappa shape index (κ2) is 10.2. The number of urea groups is 1. The number of nitrogens with one attached hydrogen (secondary N) is 1. The van der Waals surface area contributed by atoms with Crippen molar-refractivity contribution in [1.82, 2.24) is 0 Å². The van der Waals surface area contributed by atoms with Crippen molar-refractivity contribution in [2.45, 2.75) is 31.4 Å². The van der Waals surface area contributed by atoms with E-state index in [4.69, 9.17) is 10.5 Å². The Morgan fingerprint density at radius 3 is 1.95 bits per heavy atom. The normalized spacial score (nSPS) is 14.9. The number of halogens is 6. The Bertz CT molecular complexity index is 1430. The van der Waals surface area contributed by atoms with E-state index in [2.05, 4.69) is 10.1 Å². The minimum atomic E-state index is -5.09. The van der Waals surface area contributed by atoms with Crippen LogP contribution in [0.4, 0.5) is 42.5 Å². The molecule has 1 saturated carbocycles. The van der Waals surface area contributed by atoms with Gasteiger partial charge in [0.1, 0.15) is 5.75 Å². The Balaban J connectivity index is 1.86. The molecule has 0 saturated heterocycles. The molecule has 0 aliphatic heterocycles. The maximum Gasteiger partial charge on any atom is 0.573 e. The molecular formula is C27H18F6N4O2. The molecule has 3 aromatic carbocycles. The molecule has 12 heteroatoms. The molecule has 39 heavy (non-hydrogen) atoms. The summed E-state index contributed by atoms with van der Waals surface area (Å²) in [6.45, 7) is 0. The highest BCUT2D eigenvalue weighted by Crippen LogP contribution is 2.66. The van der Waals surface area contributed by atoms with Gasteiger partial charge in [0.05, 0.1) is 34.7 Å². The maximum atomic E-state index is 14.5. The molecule has 1 fully saturated rings. The monoisotopic (exact) mass is 544 g/mol. The van der Waals surface area contributed by atoms with E-state index >= 15 is 0 Å². The number of nitrogens with zero attached hydrogens (tertiary/aromatic N) is 3. The van der Waals surface area contributed by atoms with E-state index in [1.807, 2.05) is 12.1 Å². The summed E-state index contributed by atoms with van der Waals surface area (Å²) in [4.78, 5) is 14.5. The number of hydrogen-bond acceptors (Lipinski definition) is 4. The summed E-state index contributed by atoms with van der Waals surface area (Å²) in [7, 11) is 0. The van der Waals surface area contributed by atoms with E-state index in [-0.39, 0.29) is 40.9 Å². The third-order valence-corrected chi connectivity index (χ3v) is 6.30. The Labute approximate surface area is 218 Å². The molecule has 200 valence electrons. The van der Waals surface area contributed by atoms with Crippen LogP contribution in [0.1, 0.15) is 35.6 Å². The van der Waals surface area contributed by atoms with Crippen molar-refractivity contribution >= 4 is 17.4 Å². The van der Waals surface area contributed by atoms with Crippen molar-refractivity contribution in [1.29, 1.82) is 10.5 Å². The molecular weight excluding hydrogens is 526 g/mol. The standard InChI is InChI=1S/C27H18F6N4O2/c28-26(29,30)25(12-13-25)23(19-2-1-3-22(14-19)39-27(31,32)33)37(21-10-6-18(16-35)7-11-21)24(38)36-20-8-4-17(15-34)5-9-20/h1-11,14,23H,12-13H2,(H,36,38)/t23-/m0/s1. The number of alkyl halides is 6. The summed E-state index contributed by atoms with van der Waals surface area (Å²) in [6, 6.07) is 15.8. The van der Waals surface area contributed by atoms with Gasteiger partial charge in [-0.1, -0.05) is 12.1 Å². The van der Waals surface area contributed by atoms with Gasteiger partial charge in [0.2, 0.25) is 0 Å². The van der Waals surface area contributed by atoms with Crippen LogP contribution in [0.2, 0.25) is 0 Å². The quantitative estimate of drug-likeness (QED) is 0.327. The lowest BCUT2D eigenvalue weighted by molar-refractivity contribution is -0.274. The van der Waals surface area contributed by atoms with Crippen LogP contribution in [0, 0.1) is 28.1 Å². The Kier molecular flexibility index (Phi) is 7.16. The van der Waals surface area contributed by atoms with Crippen molar-refractivity contribution in [3.8, 4) is 17.9 Å². The zero-order valence-electron chi connectivity index (χ0n) is 19.8. The summed E-state index contributed by atoms with van der Waals surface area (Å²) in [5, 5.41) is 20.7. The van der Waals surface area contributed by atoms with Gasteiger partial charge < -0.3 is 10.1 Å². The smallest absolute Gasteiger partial charge is 0.406 e. The average molecular weight is 544 g/mol. The molecule has 0 unspecified atom stereocenters. The first-order chi connectivity index (χ1) is 18.4. The zero-order chi connectivity index (χ0) is 28.4. The lowest BCUT2D eigenvalue weighted by atomic mass is 9.87. The first-order valence-electron chi connectivity index (χ1n) is 11.4. The summed E-state index contributed by atoms with van der Waals surface area (Å²) < 4.78 is 86.2. The van der Waals surface area contributed by atoms with Crippen molar-refractivity contribution in [3.63, 3.8) is 0 Å². The highest BCUT2D eigenvalue weighted by atomic mass is 19.4. The third kappa shape index (κ3) is 5.91. The van der Waals surface area contributed by atoms with Crippen LogP contribution in [-0.4, -0.2) is 18.6 Å². The number of anilines is 2. The lowest BCUT2D eigenvalue weighted by Gasteiger charge is -2.39. The molecule has 1 aliphatic carbocycles. The minimum Gasteiger partial charge on any atom is -0.406 e. The van der Waals surface area contributed by atoms with Gasteiger partial charge in [-0.15, -0.1) is 13.2 Å². The number of benzene rings is 3. The fourth-order valence-electron chi connectivity index (χ4n) is 4.34. The van der Waals surface area contributed by atoms with Crippen LogP contribution in [-0.2, 0) is 0 Å². The number of carbonyl (C=O) groups is 1. The first kappa shape index (κ1) is 27.3. The van der Waals surface area contributed by atoms with E-state index in [9.17, 15) is 31.1 Å². The van der Waals surface area contributed by atoms with Crippen LogP contribution < -0.4 is 15.0 Å². The number of ether oxygens (including phenoxy) is 1. The fraction of sp³-hybridized carbons (Fsp3) is 0.222. The van der Waals surface area contributed by atoms with E-state index < -0.39 is 35.8 Å². The molecule has 0 radical (unpaired) electrons. The maximum absolute atomic E-state index is 14.5. The Morgan fingerprint density at radius 2 is 1.46 bits per heavy atom. The molecule has 3 aromatic rings. The van der Waals surface area contributed by atoms with Gasteiger partial charge >= 0.3 is 18.6 Å². The van der Waals surface area contributed by atoms with Crippen LogP contribution in [0.5, 0.6) is 5.75 Å². The van der Waals surface area contributed by atoms with E-state index in [0.29, 0.717) is 0 Å². The SMILES string of the molecule is N#Cc1ccc(NC(=O)N(c2ccc(C#N)cc2)[C@@H](c2cccc(OC(F)(F)F)c2)C2(C(F)(F)F)CC2)cc1. The highest BCUT2D eigenvalue weighted by molar-refractivity contribution is 6.02. The minimum absolute atomic E-state index is 0.0252. The van der Waals surface area contributed by atoms with E-state index in [1.165, 1.54) is 54.6 Å². The van der Waals surface area contributed by atoms with Gasteiger partial charge in [-0.25, -0.2) is 4.79 Å². The second-order valence-corrected chi connectivity index (χ2v) is 8.82. The molecule has 2 amide bonds. The largest absolute Gasteiger partial charge is 0.573 e. The van der Waals surface area contributed by atoms with Gasteiger partial charge in [-0.3, -0.25) is 4.90 Å². The topological polar surface area (TPSA) is 89.2 Å². The van der Waals surface area contributed by atoms with Gasteiger partial charge in [-0.2, -0.15) is 23.7 Å². The van der Waals surface area contributed by atoms with Crippen molar-refractivity contribution in [2.24, 2.45) is 5.41 Å². The van der Waals surface area contributed by atoms with Crippen molar-refractivity contribution in [3.05, 3.63) is 89.5 Å². The van der Waals surface area contributed by atoms with Gasteiger partial charge in [0.15, 0.2) is 0 Å². The molecule has 0 aromatic heterocycles. The molecule has 1 aliphatic rings. The number of carbonyl (C=O) groups excluding carboxylic acids is 1. The Morgan fingerprint density at radius 1 is 0.897 bits per heavy atom. The van der Waals surface area contributed by atoms with Gasteiger partial charge in [0.25, 0.3) is 0 Å². The summed E-state index contributed by atoms with van der Waals surface area (Å²) in [5.41, 5.74) is -2.08. The van der Waals surface area contributed by atoms with Crippen LogP contribution in [0.3, 0.4) is 0 Å². The molecule has 0 bridgehead atoms. The highest BCUT2D eigenvalue weighted by Gasteiger charge is 2.69. The van der Waals surface area contributed by atoms with Gasteiger partial charge in [0, 0.05) is 11.4 Å². The van der Waals surface area contributed by atoms with Crippen molar-refractivity contribution < 1.29 is 35.9 Å². The molecule has 4 rings (SSSR count). The predicted octanol–water partition coefficient (Wildman–Crippen LogP) is 7.45. The molecule has 0 heterocycles. The molecule has 0 spiro atoms. The summed E-state index contributed by atoms with van der Waals surface area (Å²) >= 11 is 0. The zero-order valence-corrected chi connectivity index (χ0v) is 19.8. The molecule has 1 N–H and O–H groups in total. The van der Waals surface area contributed by atoms with E-state index in [0.717, 1.165) is 23.1 Å². The fourth-order valence-corrected chi connectivity index (χ4v) is 4.34. The molecule has 6 nitrogen and oxygen atoms in total. The van der Waals surface area contributed by atoms with Crippen molar-refractivity contribution in [2.75, 3.05) is 10.2 Å².